The van der Waals surface area contributed by atoms with Gasteiger partial charge in [0.2, 0.25) is 5.91 Å². The van der Waals surface area contributed by atoms with Crippen molar-refractivity contribution in [3.8, 4) is 0 Å². The smallest absolute Gasteiger partial charge is 0.222 e. The summed E-state index contributed by atoms with van der Waals surface area (Å²) in [5.41, 5.74) is 0.762. The van der Waals surface area contributed by atoms with Gasteiger partial charge in [0.15, 0.2) is 0 Å². The highest BCUT2D eigenvalue weighted by Crippen LogP contribution is 2.20. The van der Waals surface area contributed by atoms with Gasteiger partial charge in [-0.1, -0.05) is 24.6 Å². The van der Waals surface area contributed by atoms with Gasteiger partial charge in [-0.15, -0.1) is 0 Å². The summed E-state index contributed by atoms with van der Waals surface area (Å²) in [6, 6.07) is 4.25. The molecule has 1 heterocycles. The van der Waals surface area contributed by atoms with E-state index in [1.165, 1.54) is 12.1 Å². The lowest BCUT2D eigenvalue weighted by molar-refractivity contribution is -0.145. The Kier molecular flexibility index (Phi) is 4.19. The lowest BCUT2D eigenvalue weighted by Gasteiger charge is -2.38. The molecule has 18 heavy (non-hydrogen) atoms. The van der Waals surface area contributed by atoms with Gasteiger partial charge in [-0.2, -0.15) is 0 Å². The molecule has 0 N–H and O–H groups in total. The van der Waals surface area contributed by atoms with Gasteiger partial charge in [-0.05, 0) is 17.7 Å². The first-order chi connectivity index (χ1) is 8.60. The molecule has 1 fully saturated rings. The number of halogens is 2. The highest BCUT2D eigenvalue weighted by Gasteiger charge is 2.30. The van der Waals surface area contributed by atoms with Crippen LogP contribution in [0, 0.1) is 5.82 Å². The molecule has 0 saturated carbocycles. The van der Waals surface area contributed by atoms with E-state index in [-0.39, 0.29) is 17.8 Å². The molecule has 1 aliphatic rings. The zero-order valence-corrected chi connectivity index (χ0v) is 10.9. The predicted molar refractivity (Wildman–Crippen MR) is 66.9 cm³/mol. The second-order valence-corrected chi connectivity index (χ2v) is 4.73. The number of nitrogens with zero attached hydrogens (tertiary/aromatic N) is 1. The van der Waals surface area contributed by atoms with Gasteiger partial charge in [-0.25, -0.2) is 4.39 Å². The average molecular weight is 272 g/mol. The van der Waals surface area contributed by atoms with Crippen LogP contribution in [0.25, 0.3) is 0 Å². The Morgan fingerprint density at radius 2 is 2.28 bits per heavy atom. The van der Waals surface area contributed by atoms with Gasteiger partial charge < -0.3 is 9.64 Å². The van der Waals surface area contributed by atoms with Gasteiger partial charge in [0, 0.05) is 24.5 Å². The van der Waals surface area contributed by atoms with Crippen molar-refractivity contribution < 1.29 is 13.9 Å². The van der Waals surface area contributed by atoms with Crippen molar-refractivity contribution in [2.75, 3.05) is 13.1 Å². The molecule has 0 bridgehead atoms. The minimum atomic E-state index is -0.355. The molecule has 1 saturated heterocycles. The summed E-state index contributed by atoms with van der Waals surface area (Å²) >= 11 is 5.89. The molecule has 0 unspecified atom stereocenters. The Balaban J connectivity index is 1.78. The molecule has 1 aromatic rings. The number of ether oxygens (including phenoxy) is 1. The van der Waals surface area contributed by atoms with Crippen molar-refractivity contribution in [1.82, 2.24) is 4.90 Å². The summed E-state index contributed by atoms with van der Waals surface area (Å²) in [5, 5.41) is 0.371. The molecular weight excluding hydrogens is 257 g/mol. The number of benzene rings is 1. The number of hydrogen-bond donors (Lipinski definition) is 0. The fourth-order valence-electron chi connectivity index (χ4n) is 1.82. The summed E-state index contributed by atoms with van der Waals surface area (Å²) < 4.78 is 18.4. The van der Waals surface area contributed by atoms with Crippen molar-refractivity contribution >= 4 is 17.5 Å². The lowest BCUT2D eigenvalue weighted by Crippen LogP contribution is -2.54. The molecule has 1 aliphatic heterocycles. The number of hydrogen-bond acceptors (Lipinski definition) is 2. The average Bonchev–Trinajstić information content (AvgIpc) is 2.29. The monoisotopic (exact) mass is 271 g/mol. The molecule has 1 amide bonds. The number of likely N-dealkylation sites (tertiary alicyclic amines) is 1. The van der Waals surface area contributed by atoms with Crippen LogP contribution in [0.1, 0.15) is 18.9 Å². The van der Waals surface area contributed by atoms with Crippen LogP contribution in [-0.4, -0.2) is 30.0 Å². The van der Waals surface area contributed by atoms with E-state index in [1.807, 2.05) is 6.92 Å². The van der Waals surface area contributed by atoms with Gasteiger partial charge in [0.25, 0.3) is 0 Å². The van der Waals surface area contributed by atoms with Crippen LogP contribution in [-0.2, 0) is 16.1 Å². The number of rotatable bonds is 4. The standard InChI is InChI=1S/C13H15ClFNO2/c1-2-13(17)16-6-11(7-16)18-8-9-3-4-10(15)5-12(9)14/h3-5,11H,2,6-8H2,1H3. The van der Waals surface area contributed by atoms with E-state index < -0.39 is 0 Å². The zero-order valence-electron chi connectivity index (χ0n) is 10.2. The largest absolute Gasteiger partial charge is 0.370 e. The highest BCUT2D eigenvalue weighted by molar-refractivity contribution is 6.31. The quantitative estimate of drug-likeness (QED) is 0.842. The zero-order chi connectivity index (χ0) is 13.1. The first kappa shape index (κ1) is 13.3. The fourth-order valence-corrected chi connectivity index (χ4v) is 2.04. The summed E-state index contributed by atoms with van der Waals surface area (Å²) in [6.45, 7) is 3.45. The molecular formula is C13H15ClFNO2. The van der Waals surface area contributed by atoms with Crippen molar-refractivity contribution in [2.24, 2.45) is 0 Å². The second-order valence-electron chi connectivity index (χ2n) is 4.32. The van der Waals surface area contributed by atoms with Crippen molar-refractivity contribution in [1.29, 1.82) is 0 Å². The van der Waals surface area contributed by atoms with E-state index in [9.17, 15) is 9.18 Å². The Labute approximate surface area is 110 Å². The van der Waals surface area contributed by atoms with Crippen molar-refractivity contribution in [2.45, 2.75) is 26.1 Å². The maximum atomic E-state index is 12.8. The molecule has 2 rings (SSSR count). The third-order valence-electron chi connectivity index (χ3n) is 2.99. The first-order valence-electron chi connectivity index (χ1n) is 5.93. The summed E-state index contributed by atoms with van der Waals surface area (Å²) in [5.74, 6) is -0.207. The Bertz CT molecular complexity index is 447. The van der Waals surface area contributed by atoms with Crippen LogP contribution in [0.15, 0.2) is 18.2 Å². The van der Waals surface area contributed by atoms with E-state index in [2.05, 4.69) is 0 Å². The van der Waals surface area contributed by atoms with Crippen LogP contribution in [0.2, 0.25) is 5.02 Å². The van der Waals surface area contributed by atoms with Crippen LogP contribution >= 0.6 is 11.6 Å². The Morgan fingerprint density at radius 3 is 2.89 bits per heavy atom. The Hall–Kier alpha value is -1.13. The molecule has 0 aliphatic carbocycles. The van der Waals surface area contributed by atoms with E-state index in [1.54, 1.807) is 11.0 Å². The minimum Gasteiger partial charge on any atom is -0.370 e. The van der Waals surface area contributed by atoms with Gasteiger partial charge in [0.05, 0.1) is 12.7 Å². The van der Waals surface area contributed by atoms with Crippen molar-refractivity contribution in [3.05, 3.63) is 34.6 Å². The topological polar surface area (TPSA) is 29.5 Å². The Morgan fingerprint density at radius 1 is 1.56 bits per heavy atom. The highest BCUT2D eigenvalue weighted by atomic mass is 35.5. The number of carbonyl (C=O) groups is 1. The van der Waals surface area contributed by atoms with Gasteiger partial charge >= 0.3 is 0 Å². The second kappa shape index (κ2) is 5.67. The fraction of sp³-hybridized carbons (Fsp3) is 0.462. The van der Waals surface area contributed by atoms with E-state index in [0.29, 0.717) is 31.1 Å². The minimum absolute atomic E-state index is 0.0571. The summed E-state index contributed by atoms with van der Waals surface area (Å²) in [4.78, 5) is 13.1. The molecule has 3 nitrogen and oxygen atoms in total. The summed E-state index contributed by atoms with van der Waals surface area (Å²) in [7, 11) is 0. The molecule has 5 heteroatoms. The lowest BCUT2D eigenvalue weighted by atomic mass is 10.1. The number of amides is 1. The van der Waals surface area contributed by atoms with E-state index in [4.69, 9.17) is 16.3 Å². The third kappa shape index (κ3) is 3.00. The van der Waals surface area contributed by atoms with Gasteiger partial charge in [0.1, 0.15) is 5.82 Å². The van der Waals surface area contributed by atoms with Crippen molar-refractivity contribution in [3.63, 3.8) is 0 Å². The molecule has 0 spiro atoms. The van der Waals surface area contributed by atoms with Crippen LogP contribution in [0.4, 0.5) is 4.39 Å². The molecule has 1 aromatic carbocycles. The van der Waals surface area contributed by atoms with Crippen LogP contribution < -0.4 is 0 Å². The molecule has 0 aromatic heterocycles. The first-order valence-corrected chi connectivity index (χ1v) is 6.31. The normalized spacial score (nSPS) is 15.6. The van der Waals surface area contributed by atoms with E-state index >= 15 is 0 Å². The van der Waals surface area contributed by atoms with E-state index in [0.717, 1.165) is 5.56 Å². The third-order valence-corrected chi connectivity index (χ3v) is 3.34. The SMILES string of the molecule is CCC(=O)N1CC(OCc2ccc(F)cc2Cl)C1. The van der Waals surface area contributed by atoms with Crippen LogP contribution in [0.5, 0.6) is 0 Å². The molecule has 98 valence electrons. The maximum Gasteiger partial charge on any atom is 0.222 e. The predicted octanol–water partition coefficient (Wildman–Crippen LogP) is 2.62. The maximum absolute atomic E-state index is 12.8. The number of carbonyl (C=O) groups excluding carboxylic acids is 1. The van der Waals surface area contributed by atoms with Gasteiger partial charge in [-0.3, -0.25) is 4.79 Å². The van der Waals surface area contributed by atoms with Crippen LogP contribution in [0.3, 0.4) is 0 Å². The molecule has 0 atom stereocenters. The summed E-state index contributed by atoms with van der Waals surface area (Å²) in [6.07, 6.45) is 0.581. The molecule has 0 radical (unpaired) electrons.